The molecule has 3 amide bonds. The fourth-order valence-corrected chi connectivity index (χ4v) is 3.95. The summed E-state index contributed by atoms with van der Waals surface area (Å²) in [6.45, 7) is 3.35. The smallest absolute Gasteiger partial charge is 0.243 e. The van der Waals surface area contributed by atoms with E-state index >= 15 is 0 Å². The van der Waals surface area contributed by atoms with Gasteiger partial charge in [-0.05, 0) is 48.7 Å². The molecule has 0 aliphatic rings. The molecule has 3 aromatic rings. The first kappa shape index (κ1) is 27.3. The number of carbonyl (C=O) groups is 4. The number of benzene rings is 2. The summed E-state index contributed by atoms with van der Waals surface area (Å²) in [5.74, 6) is -2.42. The fraction of sp³-hybridized carbons (Fsp3) is 0.296. The minimum Gasteiger partial charge on any atom is -0.361 e. The zero-order valence-corrected chi connectivity index (χ0v) is 20.7. The molecule has 0 bridgehead atoms. The molecule has 0 unspecified atom stereocenters. The van der Waals surface area contributed by atoms with Gasteiger partial charge >= 0.3 is 0 Å². The maximum Gasteiger partial charge on any atom is 0.243 e. The van der Waals surface area contributed by atoms with Crippen LogP contribution in [-0.2, 0) is 32.1 Å². The number of fused-ring (bicyclic) bond motifs is 1. The lowest BCUT2D eigenvalue weighted by Gasteiger charge is -2.23. The lowest BCUT2D eigenvalue weighted by atomic mass is 10.0. The van der Waals surface area contributed by atoms with Crippen LogP contribution in [0.2, 0.25) is 0 Å². The van der Waals surface area contributed by atoms with Gasteiger partial charge in [0.2, 0.25) is 17.7 Å². The molecule has 0 saturated heterocycles. The molecule has 3 rings (SSSR count). The first-order valence-corrected chi connectivity index (χ1v) is 11.9. The number of rotatable bonds is 12. The Morgan fingerprint density at radius 2 is 1.76 bits per heavy atom. The first-order valence-electron chi connectivity index (χ1n) is 11.9. The van der Waals surface area contributed by atoms with Crippen molar-refractivity contribution >= 4 is 40.6 Å². The summed E-state index contributed by atoms with van der Waals surface area (Å²) in [6, 6.07) is 9.42. The highest BCUT2D eigenvalue weighted by Gasteiger charge is 2.27. The summed E-state index contributed by atoms with van der Waals surface area (Å²) < 4.78 is 13.2. The second-order valence-electron chi connectivity index (χ2n) is 8.87. The highest BCUT2D eigenvalue weighted by atomic mass is 19.1. The van der Waals surface area contributed by atoms with Crippen LogP contribution in [0.3, 0.4) is 0 Å². The van der Waals surface area contributed by atoms with E-state index in [1.807, 2.05) is 25.1 Å². The van der Waals surface area contributed by atoms with E-state index in [1.54, 1.807) is 6.20 Å². The molecule has 1 aromatic heterocycles. The SMILES string of the molecule is CC(=O)N[C@@H](Cc1c[nH]c2ccc(C)cc12)C(=O)N[C@@H](CCC(=O)C=N)C(=O)NCc1ccc(F)cc1. The number of H-pyrrole nitrogens is 1. The van der Waals surface area contributed by atoms with Crippen molar-refractivity contribution in [3.63, 3.8) is 0 Å². The average Bonchev–Trinajstić information content (AvgIpc) is 3.26. The van der Waals surface area contributed by atoms with Crippen LogP contribution in [0, 0.1) is 18.2 Å². The van der Waals surface area contributed by atoms with E-state index in [2.05, 4.69) is 20.9 Å². The average molecular weight is 508 g/mol. The molecule has 0 aliphatic carbocycles. The van der Waals surface area contributed by atoms with Crippen LogP contribution in [0.1, 0.15) is 36.5 Å². The molecule has 2 atom stereocenters. The minimum atomic E-state index is -1.08. The highest BCUT2D eigenvalue weighted by Crippen LogP contribution is 2.21. The zero-order valence-electron chi connectivity index (χ0n) is 20.7. The number of halogens is 1. The molecular formula is C27H30FN5O4. The van der Waals surface area contributed by atoms with Gasteiger partial charge in [-0.15, -0.1) is 0 Å². The van der Waals surface area contributed by atoms with Crippen molar-refractivity contribution in [2.24, 2.45) is 0 Å². The third-order valence-corrected chi connectivity index (χ3v) is 5.89. The molecule has 5 N–H and O–H groups in total. The van der Waals surface area contributed by atoms with E-state index in [0.717, 1.165) is 22.0 Å². The topological polar surface area (TPSA) is 144 Å². The van der Waals surface area contributed by atoms with Crippen LogP contribution in [-0.4, -0.2) is 46.8 Å². The Morgan fingerprint density at radius 1 is 1.03 bits per heavy atom. The van der Waals surface area contributed by atoms with Gasteiger partial charge in [0.25, 0.3) is 0 Å². The summed E-state index contributed by atoms with van der Waals surface area (Å²) in [4.78, 5) is 52.9. The van der Waals surface area contributed by atoms with E-state index in [9.17, 15) is 23.6 Å². The number of Topliss-reactive ketones (excluding diaryl/α,β-unsaturated/α-hetero) is 1. The summed E-state index contributed by atoms with van der Waals surface area (Å²) in [5, 5.41) is 16.0. The molecular weight excluding hydrogens is 477 g/mol. The largest absolute Gasteiger partial charge is 0.361 e. The quantitative estimate of drug-likeness (QED) is 0.240. The van der Waals surface area contributed by atoms with Gasteiger partial charge < -0.3 is 26.3 Å². The Balaban J connectivity index is 1.76. The second kappa shape index (κ2) is 12.6. The maximum atomic E-state index is 13.3. The summed E-state index contributed by atoms with van der Waals surface area (Å²) in [5.41, 5.74) is 3.42. The summed E-state index contributed by atoms with van der Waals surface area (Å²) in [7, 11) is 0. The third-order valence-electron chi connectivity index (χ3n) is 5.89. The monoisotopic (exact) mass is 507 g/mol. The van der Waals surface area contributed by atoms with Gasteiger partial charge in [0.1, 0.15) is 17.9 Å². The van der Waals surface area contributed by atoms with E-state index in [-0.39, 0.29) is 25.8 Å². The van der Waals surface area contributed by atoms with E-state index in [4.69, 9.17) is 5.41 Å². The molecule has 1 heterocycles. The van der Waals surface area contributed by atoms with Crippen molar-refractivity contribution in [2.45, 2.75) is 51.7 Å². The molecule has 9 nitrogen and oxygen atoms in total. The molecule has 0 aliphatic heterocycles. The van der Waals surface area contributed by atoms with Crippen molar-refractivity contribution in [1.82, 2.24) is 20.9 Å². The highest BCUT2D eigenvalue weighted by molar-refractivity contribution is 6.26. The van der Waals surface area contributed by atoms with E-state index in [1.165, 1.54) is 31.2 Å². The van der Waals surface area contributed by atoms with Crippen molar-refractivity contribution < 1.29 is 23.6 Å². The van der Waals surface area contributed by atoms with Crippen LogP contribution >= 0.6 is 0 Å². The fourth-order valence-electron chi connectivity index (χ4n) is 3.95. The minimum absolute atomic E-state index is 0.0335. The van der Waals surface area contributed by atoms with Gasteiger partial charge in [0.15, 0.2) is 5.78 Å². The van der Waals surface area contributed by atoms with Crippen molar-refractivity contribution in [2.75, 3.05) is 0 Å². The first-order chi connectivity index (χ1) is 17.7. The van der Waals surface area contributed by atoms with Gasteiger partial charge in [-0.1, -0.05) is 23.8 Å². The Labute approximate surface area is 213 Å². The van der Waals surface area contributed by atoms with Crippen LogP contribution in [0.15, 0.2) is 48.7 Å². The molecule has 2 aromatic carbocycles. The third kappa shape index (κ3) is 7.83. The molecule has 0 fully saturated rings. The molecule has 0 saturated carbocycles. The van der Waals surface area contributed by atoms with Crippen LogP contribution in [0.5, 0.6) is 0 Å². The predicted octanol–water partition coefficient (Wildman–Crippen LogP) is 2.46. The number of amides is 3. The number of aryl methyl sites for hydroxylation is 1. The lowest BCUT2D eigenvalue weighted by Crippen LogP contribution is -2.54. The van der Waals surface area contributed by atoms with Gasteiger partial charge in [-0.25, -0.2) is 4.39 Å². The van der Waals surface area contributed by atoms with E-state index in [0.29, 0.717) is 11.8 Å². The number of aromatic amines is 1. The van der Waals surface area contributed by atoms with Gasteiger partial charge in [-0.3, -0.25) is 19.2 Å². The molecule has 37 heavy (non-hydrogen) atoms. The number of hydrogen-bond acceptors (Lipinski definition) is 5. The van der Waals surface area contributed by atoms with Crippen LogP contribution in [0.25, 0.3) is 10.9 Å². The number of ketones is 1. The molecule has 0 radical (unpaired) electrons. The van der Waals surface area contributed by atoms with Crippen molar-refractivity contribution in [3.8, 4) is 0 Å². The number of carbonyl (C=O) groups excluding carboxylic acids is 4. The van der Waals surface area contributed by atoms with Crippen molar-refractivity contribution in [3.05, 3.63) is 71.2 Å². The lowest BCUT2D eigenvalue weighted by molar-refractivity contribution is -0.132. The van der Waals surface area contributed by atoms with Crippen LogP contribution < -0.4 is 16.0 Å². The summed E-state index contributed by atoms with van der Waals surface area (Å²) in [6.07, 6.45) is 2.47. The second-order valence-corrected chi connectivity index (χ2v) is 8.87. The van der Waals surface area contributed by atoms with Gasteiger partial charge in [0.05, 0.1) is 6.21 Å². The zero-order chi connectivity index (χ0) is 26.9. The molecule has 194 valence electrons. The number of nitrogens with one attached hydrogen (secondary N) is 5. The normalized spacial score (nSPS) is 12.4. The Bertz CT molecular complexity index is 1300. The number of hydrogen-bond donors (Lipinski definition) is 5. The van der Waals surface area contributed by atoms with E-state index < -0.39 is 41.4 Å². The van der Waals surface area contributed by atoms with Gasteiger partial charge in [-0.2, -0.15) is 0 Å². The maximum absolute atomic E-state index is 13.3. The Kier molecular flexibility index (Phi) is 9.26. The van der Waals surface area contributed by atoms with Crippen molar-refractivity contribution in [1.29, 1.82) is 5.41 Å². The van der Waals surface area contributed by atoms with Gasteiger partial charge in [0, 0.05) is 43.4 Å². The molecule has 0 spiro atoms. The summed E-state index contributed by atoms with van der Waals surface area (Å²) >= 11 is 0. The predicted molar refractivity (Wildman–Crippen MR) is 138 cm³/mol. The Morgan fingerprint density at radius 3 is 2.43 bits per heavy atom. The Hall–Kier alpha value is -4.34. The number of aromatic nitrogens is 1. The standard InChI is InChI=1S/C27H30FN5O4/c1-16-3-9-23-22(11-16)19(15-30-23)12-25(32-17(2)34)27(37)33-24(10-8-21(35)13-29)26(36)31-14-18-4-6-20(28)7-5-18/h3-7,9,11,13,15,24-25,29-30H,8,10,12,14H2,1-2H3,(H,31,36)(H,32,34)(H,33,37)/t24-,25-/m0/s1. The molecule has 10 heteroatoms. The van der Waals surface area contributed by atoms with Crippen LogP contribution in [0.4, 0.5) is 4.39 Å².